The third-order valence-corrected chi connectivity index (χ3v) is 8.83. The van der Waals surface area contributed by atoms with Gasteiger partial charge in [0.2, 0.25) is 5.95 Å². The Kier molecular flexibility index (Phi) is 8.46. The van der Waals surface area contributed by atoms with E-state index in [9.17, 15) is 4.79 Å². The molecular formula is C28H35BrClN7O2. The number of nitrogens with one attached hydrogen (secondary N) is 1. The Morgan fingerprint density at radius 3 is 2.56 bits per heavy atom. The standard InChI is InChI=1S/C28H34BrN7O2.ClH/c1-33-13-15-34(16-14-33)21-8-10-35(11-9-21)27(37)19-3-4-22(24(17-19)38-2)31-28-30-18-20-7-12-36-23(26(20)32-28)5-6-25(36)29;/h3-6,17-18,21H,7-16H2,1-2H3,(H,30,31,32);1H. The second kappa shape index (κ2) is 11.8. The lowest BCUT2D eigenvalue weighted by Gasteiger charge is -2.42. The Labute approximate surface area is 244 Å². The van der Waals surface area contributed by atoms with Crippen LogP contribution >= 0.6 is 28.3 Å². The highest BCUT2D eigenvalue weighted by Gasteiger charge is 2.29. The lowest BCUT2D eigenvalue weighted by Crippen LogP contribution is -2.52. The maximum absolute atomic E-state index is 13.3. The van der Waals surface area contributed by atoms with E-state index >= 15 is 0 Å². The fourth-order valence-electron chi connectivity index (χ4n) is 5.83. The van der Waals surface area contributed by atoms with Gasteiger partial charge in [-0.2, -0.15) is 0 Å². The highest BCUT2D eigenvalue weighted by atomic mass is 79.9. The van der Waals surface area contributed by atoms with E-state index in [1.54, 1.807) is 7.11 Å². The zero-order chi connectivity index (χ0) is 26.2. The van der Waals surface area contributed by atoms with Gasteiger partial charge in [-0.3, -0.25) is 9.69 Å². The van der Waals surface area contributed by atoms with Crippen LogP contribution in [0.1, 0.15) is 28.8 Å². The van der Waals surface area contributed by atoms with Gasteiger partial charge in [-0.15, -0.1) is 12.4 Å². The van der Waals surface area contributed by atoms with Crippen LogP contribution in [0.3, 0.4) is 0 Å². The molecule has 2 fully saturated rings. The molecule has 0 saturated carbocycles. The summed E-state index contributed by atoms with van der Waals surface area (Å²) >= 11 is 3.62. The summed E-state index contributed by atoms with van der Waals surface area (Å²) in [5.74, 6) is 1.15. The number of methoxy groups -OCH3 is 1. The zero-order valence-corrected chi connectivity index (χ0v) is 24.8. The fraction of sp³-hybridized carbons (Fsp3) is 0.464. The molecule has 3 aromatic rings. The molecule has 3 aliphatic heterocycles. The minimum atomic E-state index is 0. The molecule has 0 spiro atoms. The molecule has 39 heavy (non-hydrogen) atoms. The Morgan fingerprint density at radius 2 is 1.82 bits per heavy atom. The predicted octanol–water partition coefficient (Wildman–Crippen LogP) is 4.29. The molecule has 1 N–H and O–H groups in total. The molecular weight excluding hydrogens is 582 g/mol. The van der Waals surface area contributed by atoms with Crippen molar-refractivity contribution in [1.29, 1.82) is 0 Å². The SMILES string of the molecule is COc1cc(C(=O)N2CCC(N3CCN(C)CC3)CC2)ccc1Nc1ncc2c(n1)-c1ccc(Br)n1CC2.Cl. The van der Waals surface area contributed by atoms with E-state index in [-0.39, 0.29) is 18.3 Å². The number of likely N-dealkylation sites (N-methyl/N-ethyl adjacent to an activating group) is 1. The first-order chi connectivity index (χ1) is 18.5. The number of piperidine rings is 1. The summed E-state index contributed by atoms with van der Waals surface area (Å²) in [4.78, 5) is 29.7. The van der Waals surface area contributed by atoms with Crippen LogP contribution in [-0.2, 0) is 13.0 Å². The number of aryl methyl sites for hydroxylation is 1. The van der Waals surface area contributed by atoms with Crippen molar-refractivity contribution in [2.45, 2.75) is 31.8 Å². The van der Waals surface area contributed by atoms with E-state index in [2.05, 4.69) is 53.7 Å². The highest BCUT2D eigenvalue weighted by molar-refractivity contribution is 9.10. The molecule has 0 radical (unpaired) electrons. The second-order valence-electron chi connectivity index (χ2n) is 10.4. The number of hydrogen-bond donors (Lipinski definition) is 1. The quantitative estimate of drug-likeness (QED) is 0.458. The van der Waals surface area contributed by atoms with Crippen molar-refractivity contribution in [2.24, 2.45) is 0 Å². The third kappa shape index (κ3) is 5.66. The van der Waals surface area contributed by atoms with Crippen LogP contribution in [-0.4, -0.2) is 94.6 Å². The van der Waals surface area contributed by atoms with Crippen LogP contribution in [0.2, 0.25) is 0 Å². The number of halogens is 2. The molecule has 0 atom stereocenters. The van der Waals surface area contributed by atoms with E-state index in [0.717, 1.165) is 92.3 Å². The largest absolute Gasteiger partial charge is 0.495 e. The maximum Gasteiger partial charge on any atom is 0.253 e. The number of benzene rings is 1. The number of hydrogen-bond acceptors (Lipinski definition) is 7. The summed E-state index contributed by atoms with van der Waals surface area (Å²) in [6.07, 6.45) is 4.84. The van der Waals surface area contributed by atoms with Crippen LogP contribution in [0.15, 0.2) is 41.1 Å². The number of likely N-dealkylation sites (tertiary alicyclic amines) is 1. The third-order valence-electron chi connectivity index (χ3n) is 8.14. The van der Waals surface area contributed by atoms with Crippen molar-refractivity contribution in [3.05, 3.63) is 52.3 Å². The zero-order valence-electron chi connectivity index (χ0n) is 22.4. The molecule has 1 amide bonds. The second-order valence-corrected chi connectivity index (χ2v) is 11.2. The van der Waals surface area contributed by atoms with Crippen molar-refractivity contribution in [1.82, 2.24) is 29.2 Å². The Bertz CT molecular complexity index is 1330. The Hall–Kier alpha value is -2.66. The molecule has 0 aliphatic carbocycles. The van der Waals surface area contributed by atoms with Crippen LogP contribution in [0, 0.1) is 0 Å². The van der Waals surface area contributed by atoms with Gasteiger partial charge in [-0.05, 0) is 72.6 Å². The number of carbonyl (C=O) groups is 1. The summed E-state index contributed by atoms with van der Waals surface area (Å²) in [5, 5.41) is 3.30. The molecule has 6 rings (SSSR count). The lowest BCUT2D eigenvalue weighted by molar-refractivity contribution is 0.0518. The normalized spacial score (nSPS) is 18.2. The average molecular weight is 617 g/mol. The fourth-order valence-corrected chi connectivity index (χ4v) is 6.33. The molecule has 2 saturated heterocycles. The van der Waals surface area contributed by atoms with E-state index < -0.39 is 0 Å². The van der Waals surface area contributed by atoms with Gasteiger partial charge in [0.1, 0.15) is 5.75 Å². The summed E-state index contributed by atoms with van der Waals surface area (Å²) < 4.78 is 8.93. The van der Waals surface area contributed by atoms with Gasteiger partial charge in [0.25, 0.3) is 5.91 Å². The number of piperazine rings is 1. The number of carbonyl (C=O) groups excluding carboxylic acids is 1. The summed E-state index contributed by atoms with van der Waals surface area (Å²) in [7, 11) is 3.81. The molecule has 1 aromatic carbocycles. The minimum Gasteiger partial charge on any atom is -0.495 e. The number of nitrogens with zero attached hydrogens (tertiary/aromatic N) is 6. The first-order valence-electron chi connectivity index (χ1n) is 13.4. The van der Waals surface area contributed by atoms with E-state index in [0.29, 0.717) is 23.3 Å². The average Bonchev–Trinajstić information content (AvgIpc) is 3.34. The Morgan fingerprint density at radius 1 is 1.05 bits per heavy atom. The summed E-state index contributed by atoms with van der Waals surface area (Å²) in [6, 6.07) is 10.3. The number of amides is 1. The van der Waals surface area contributed by atoms with Gasteiger partial charge in [0.05, 0.1) is 28.8 Å². The van der Waals surface area contributed by atoms with E-state index in [1.807, 2.05) is 35.4 Å². The van der Waals surface area contributed by atoms with Crippen molar-refractivity contribution in [3.8, 4) is 17.1 Å². The lowest BCUT2D eigenvalue weighted by atomic mass is 10.0. The highest BCUT2D eigenvalue weighted by Crippen LogP contribution is 2.34. The van der Waals surface area contributed by atoms with Gasteiger partial charge >= 0.3 is 0 Å². The number of ether oxygens (including phenoxy) is 1. The topological polar surface area (TPSA) is 78.8 Å². The maximum atomic E-state index is 13.3. The molecule has 11 heteroatoms. The van der Waals surface area contributed by atoms with E-state index in [1.165, 1.54) is 0 Å². The molecule has 208 valence electrons. The van der Waals surface area contributed by atoms with Crippen LogP contribution in [0.25, 0.3) is 11.4 Å². The molecule has 3 aliphatic rings. The minimum absolute atomic E-state index is 0. The van der Waals surface area contributed by atoms with Crippen molar-refractivity contribution in [3.63, 3.8) is 0 Å². The molecule has 0 unspecified atom stereocenters. The van der Waals surface area contributed by atoms with Crippen LogP contribution < -0.4 is 10.1 Å². The van der Waals surface area contributed by atoms with Crippen molar-refractivity contribution < 1.29 is 9.53 Å². The van der Waals surface area contributed by atoms with Crippen LogP contribution in [0.5, 0.6) is 5.75 Å². The van der Waals surface area contributed by atoms with Gasteiger partial charge < -0.3 is 24.4 Å². The predicted molar refractivity (Wildman–Crippen MR) is 158 cm³/mol. The number of fused-ring (bicyclic) bond motifs is 3. The number of rotatable bonds is 5. The van der Waals surface area contributed by atoms with Crippen molar-refractivity contribution >= 4 is 45.9 Å². The number of anilines is 2. The van der Waals surface area contributed by atoms with E-state index in [4.69, 9.17) is 9.72 Å². The molecule has 2 aromatic heterocycles. The smallest absolute Gasteiger partial charge is 0.253 e. The van der Waals surface area contributed by atoms with Gasteiger partial charge in [0, 0.05) is 69.2 Å². The van der Waals surface area contributed by atoms with Crippen LogP contribution in [0.4, 0.5) is 11.6 Å². The Balaban J connectivity index is 0.00000308. The molecule has 5 heterocycles. The molecule has 9 nitrogen and oxygen atoms in total. The summed E-state index contributed by atoms with van der Waals surface area (Å²) in [5.41, 5.74) is 4.51. The number of aromatic nitrogens is 3. The molecule has 0 bridgehead atoms. The first kappa shape index (κ1) is 27.9. The monoisotopic (exact) mass is 615 g/mol. The van der Waals surface area contributed by atoms with Gasteiger partial charge in [-0.25, -0.2) is 9.97 Å². The van der Waals surface area contributed by atoms with Gasteiger partial charge in [-0.1, -0.05) is 0 Å². The summed E-state index contributed by atoms with van der Waals surface area (Å²) in [6.45, 7) is 6.99. The first-order valence-corrected chi connectivity index (χ1v) is 14.2. The van der Waals surface area contributed by atoms with Gasteiger partial charge in [0.15, 0.2) is 0 Å². The van der Waals surface area contributed by atoms with Crippen molar-refractivity contribution in [2.75, 3.05) is 58.7 Å².